The maximum atomic E-state index is 12.7. The normalized spacial score (nSPS) is 14.8. The van der Waals surface area contributed by atoms with E-state index in [2.05, 4.69) is 31.3 Å². The zero-order valence-corrected chi connectivity index (χ0v) is 19.3. The molecule has 1 amide bonds. The van der Waals surface area contributed by atoms with E-state index in [1.165, 1.54) is 6.33 Å². The van der Waals surface area contributed by atoms with E-state index in [1.807, 2.05) is 49.4 Å². The second-order valence-corrected chi connectivity index (χ2v) is 8.49. The molecule has 10 nitrogen and oxygen atoms in total. The number of hydrogen-bond donors (Lipinski definition) is 2. The van der Waals surface area contributed by atoms with Crippen molar-refractivity contribution >= 4 is 22.9 Å². The first-order chi connectivity index (χ1) is 17.6. The summed E-state index contributed by atoms with van der Waals surface area (Å²) in [6, 6.07) is 17.3. The van der Waals surface area contributed by atoms with E-state index in [0.29, 0.717) is 47.1 Å². The van der Waals surface area contributed by atoms with Crippen LogP contribution in [0.1, 0.15) is 40.3 Å². The van der Waals surface area contributed by atoms with E-state index >= 15 is 0 Å². The number of benzene rings is 2. The number of nitrogens with zero attached hydrogens (tertiary/aromatic N) is 6. The quantitative estimate of drug-likeness (QED) is 0.394. The number of aromatic amines is 1. The van der Waals surface area contributed by atoms with Gasteiger partial charge in [0, 0.05) is 23.5 Å². The Labute approximate surface area is 205 Å². The van der Waals surface area contributed by atoms with Crippen LogP contribution < -0.4 is 10.1 Å². The van der Waals surface area contributed by atoms with Gasteiger partial charge in [-0.15, -0.1) is 0 Å². The second kappa shape index (κ2) is 8.63. The Morgan fingerprint density at radius 1 is 1.14 bits per heavy atom. The lowest BCUT2D eigenvalue weighted by molar-refractivity contribution is -0.116. The molecule has 1 aliphatic rings. The Morgan fingerprint density at radius 2 is 1.97 bits per heavy atom. The van der Waals surface area contributed by atoms with Crippen LogP contribution in [-0.2, 0) is 11.4 Å². The Hall–Kier alpha value is -5.04. The second-order valence-electron chi connectivity index (χ2n) is 8.49. The van der Waals surface area contributed by atoms with Gasteiger partial charge in [0.25, 0.3) is 0 Å². The molecule has 36 heavy (non-hydrogen) atoms. The van der Waals surface area contributed by atoms with E-state index in [1.54, 1.807) is 17.1 Å². The number of anilines is 1. The molecule has 4 heterocycles. The predicted octanol–water partition coefficient (Wildman–Crippen LogP) is 3.77. The molecule has 176 valence electrons. The van der Waals surface area contributed by atoms with Gasteiger partial charge in [-0.25, -0.2) is 15.0 Å². The molecule has 1 aliphatic heterocycles. The van der Waals surface area contributed by atoms with E-state index < -0.39 is 0 Å². The molecule has 1 atom stereocenters. The zero-order valence-electron chi connectivity index (χ0n) is 19.3. The third-order valence-electron chi connectivity index (χ3n) is 6.32. The smallest absolute Gasteiger partial charge is 0.226 e. The first kappa shape index (κ1) is 21.5. The molecule has 0 fully saturated rings. The van der Waals surface area contributed by atoms with Crippen LogP contribution in [0.2, 0.25) is 0 Å². The van der Waals surface area contributed by atoms with E-state index in [0.717, 1.165) is 22.4 Å². The standard InChI is InChI=1S/C26H20N8O2/c1-15-22-20(16-6-8-19(9-7-16)36-12-18-5-3-2-4-17(18)11-27)10-21(35)32-25(22)34(33-15)26-23-24(29-13-28-23)30-14-31-26/h2-9,13-14,20H,10,12H2,1H3,(H,32,35)(H,28,29,30,31)/t20-/m1/s1. The van der Waals surface area contributed by atoms with Crippen LogP contribution in [0.25, 0.3) is 17.0 Å². The van der Waals surface area contributed by atoms with Crippen molar-refractivity contribution in [2.24, 2.45) is 0 Å². The number of nitriles is 1. The molecular formula is C26H20N8O2. The maximum absolute atomic E-state index is 12.7. The fourth-order valence-electron chi connectivity index (χ4n) is 4.61. The average Bonchev–Trinajstić information content (AvgIpc) is 3.52. The molecular weight excluding hydrogens is 456 g/mol. The lowest BCUT2D eigenvalue weighted by Crippen LogP contribution is -2.25. The number of aromatic nitrogens is 6. The van der Waals surface area contributed by atoms with Gasteiger partial charge in [0.05, 0.1) is 23.7 Å². The van der Waals surface area contributed by atoms with Crippen molar-refractivity contribution in [3.8, 4) is 17.6 Å². The molecule has 0 saturated carbocycles. The number of nitrogens with one attached hydrogen (secondary N) is 2. The van der Waals surface area contributed by atoms with Crippen LogP contribution in [0.15, 0.2) is 61.2 Å². The third-order valence-corrected chi connectivity index (χ3v) is 6.32. The molecule has 0 bridgehead atoms. The number of carbonyl (C=O) groups is 1. The van der Waals surface area contributed by atoms with Gasteiger partial charge in [0.2, 0.25) is 5.91 Å². The maximum Gasteiger partial charge on any atom is 0.226 e. The van der Waals surface area contributed by atoms with Gasteiger partial charge < -0.3 is 15.0 Å². The number of hydrogen-bond acceptors (Lipinski definition) is 7. The van der Waals surface area contributed by atoms with Crippen molar-refractivity contribution < 1.29 is 9.53 Å². The summed E-state index contributed by atoms with van der Waals surface area (Å²) in [6.07, 6.45) is 3.28. The SMILES string of the molecule is Cc1nn(-c2ncnc3nc[nH]c23)c2c1[C@@H](c1ccc(OCc3ccccc3C#N)cc1)CC(=O)N2. The molecule has 3 aromatic heterocycles. The van der Waals surface area contributed by atoms with Gasteiger partial charge in [0.1, 0.15) is 30.0 Å². The number of aryl methyl sites for hydroxylation is 1. The van der Waals surface area contributed by atoms with Gasteiger partial charge in [-0.05, 0) is 30.7 Å². The Balaban J connectivity index is 1.31. The lowest BCUT2D eigenvalue weighted by Gasteiger charge is -2.24. The van der Waals surface area contributed by atoms with Gasteiger partial charge in [-0.2, -0.15) is 15.0 Å². The summed E-state index contributed by atoms with van der Waals surface area (Å²) in [5, 5.41) is 17.0. The molecule has 10 heteroatoms. The molecule has 0 spiro atoms. The van der Waals surface area contributed by atoms with E-state index in [-0.39, 0.29) is 11.8 Å². The number of ether oxygens (including phenoxy) is 1. The van der Waals surface area contributed by atoms with Crippen LogP contribution in [0.4, 0.5) is 5.82 Å². The molecule has 5 aromatic rings. The molecule has 2 N–H and O–H groups in total. The van der Waals surface area contributed by atoms with Gasteiger partial charge in [0.15, 0.2) is 11.5 Å². The van der Waals surface area contributed by atoms with Crippen LogP contribution in [-0.4, -0.2) is 35.6 Å². The molecule has 0 unspecified atom stereocenters. The molecule has 0 radical (unpaired) electrons. The highest BCUT2D eigenvalue weighted by Gasteiger charge is 2.33. The third kappa shape index (κ3) is 3.63. The largest absolute Gasteiger partial charge is 0.489 e. The minimum absolute atomic E-state index is 0.100. The van der Waals surface area contributed by atoms with Crippen molar-refractivity contribution in [2.45, 2.75) is 25.9 Å². The number of amides is 1. The summed E-state index contributed by atoms with van der Waals surface area (Å²) in [5.41, 5.74) is 5.31. The summed E-state index contributed by atoms with van der Waals surface area (Å²) < 4.78 is 7.56. The molecule has 0 saturated heterocycles. The topological polar surface area (TPSA) is 134 Å². The zero-order chi connectivity index (χ0) is 24.6. The summed E-state index contributed by atoms with van der Waals surface area (Å²) in [7, 11) is 0. The number of fused-ring (bicyclic) bond motifs is 2. The Bertz CT molecular complexity index is 1650. The van der Waals surface area contributed by atoms with E-state index in [9.17, 15) is 10.1 Å². The van der Waals surface area contributed by atoms with Crippen molar-refractivity contribution in [1.82, 2.24) is 29.7 Å². The predicted molar refractivity (Wildman–Crippen MR) is 131 cm³/mol. The average molecular weight is 477 g/mol. The Morgan fingerprint density at radius 3 is 2.81 bits per heavy atom. The molecule has 2 aromatic carbocycles. The fraction of sp³-hybridized carbons (Fsp3) is 0.154. The minimum atomic E-state index is -0.171. The van der Waals surface area contributed by atoms with Crippen molar-refractivity contribution in [3.63, 3.8) is 0 Å². The summed E-state index contributed by atoms with van der Waals surface area (Å²) in [5.74, 6) is 1.52. The summed E-state index contributed by atoms with van der Waals surface area (Å²) in [4.78, 5) is 28.5. The van der Waals surface area contributed by atoms with E-state index in [4.69, 9.17) is 9.84 Å². The van der Waals surface area contributed by atoms with Crippen molar-refractivity contribution in [3.05, 3.63) is 89.1 Å². The number of H-pyrrole nitrogens is 1. The molecule has 0 aliphatic carbocycles. The number of carbonyl (C=O) groups excluding carboxylic acids is 1. The van der Waals surface area contributed by atoms with Crippen LogP contribution in [0, 0.1) is 18.3 Å². The first-order valence-corrected chi connectivity index (χ1v) is 11.4. The van der Waals surface area contributed by atoms with Crippen LogP contribution in [0.5, 0.6) is 5.75 Å². The van der Waals surface area contributed by atoms with Crippen molar-refractivity contribution in [1.29, 1.82) is 5.26 Å². The first-order valence-electron chi connectivity index (χ1n) is 11.4. The minimum Gasteiger partial charge on any atom is -0.489 e. The number of rotatable bonds is 5. The number of imidazole rings is 1. The van der Waals surface area contributed by atoms with Crippen molar-refractivity contribution in [2.75, 3.05) is 5.32 Å². The monoisotopic (exact) mass is 476 g/mol. The fourth-order valence-corrected chi connectivity index (χ4v) is 4.61. The summed E-state index contributed by atoms with van der Waals surface area (Å²) >= 11 is 0. The Kier molecular flexibility index (Phi) is 5.15. The van der Waals surface area contributed by atoms with Crippen LogP contribution >= 0.6 is 0 Å². The van der Waals surface area contributed by atoms with Gasteiger partial charge in [-0.1, -0.05) is 30.3 Å². The molecule has 6 rings (SSSR count). The highest BCUT2D eigenvalue weighted by molar-refractivity contribution is 5.95. The lowest BCUT2D eigenvalue weighted by atomic mass is 9.86. The highest BCUT2D eigenvalue weighted by Crippen LogP contribution is 2.40. The highest BCUT2D eigenvalue weighted by atomic mass is 16.5. The van der Waals surface area contributed by atoms with Gasteiger partial charge >= 0.3 is 0 Å². The van der Waals surface area contributed by atoms with Gasteiger partial charge in [-0.3, -0.25) is 4.79 Å². The summed E-state index contributed by atoms with van der Waals surface area (Å²) in [6.45, 7) is 2.22. The van der Waals surface area contributed by atoms with Crippen LogP contribution in [0.3, 0.4) is 0 Å².